The smallest absolute Gasteiger partial charge is 0.348 e. The molecular formula is C11H15BrO2S. The SMILES string of the molecule is CCOC(=O)c1sc(Br)cc1C(C)CC. The lowest BCUT2D eigenvalue weighted by atomic mass is 9.99. The third kappa shape index (κ3) is 3.05. The second-order valence-electron chi connectivity index (χ2n) is 3.36. The molecule has 0 aliphatic carbocycles. The molecule has 1 unspecified atom stereocenters. The molecule has 1 rings (SSSR count). The third-order valence-electron chi connectivity index (χ3n) is 2.33. The van der Waals surface area contributed by atoms with Crippen LogP contribution in [0.4, 0.5) is 0 Å². The Bertz CT molecular complexity index is 346. The van der Waals surface area contributed by atoms with Crippen molar-refractivity contribution in [2.75, 3.05) is 6.61 Å². The van der Waals surface area contributed by atoms with Gasteiger partial charge in [0.1, 0.15) is 4.88 Å². The summed E-state index contributed by atoms with van der Waals surface area (Å²) in [5, 5.41) is 0. The van der Waals surface area contributed by atoms with Crippen LogP contribution in [0, 0.1) is 0 Å². The van der Waals surface area contributed by atoms with Crippen LogP contribution in [0.1, 0.15) is 48.3 Å². The maximum absolute atomic E-state index is 11.7. The first-order valence-electron chi connectivity index (χ1n) is 5.06. The van der Waals surface area contributed by atoms with E-state index in [2.05, 4.69) is 29.8 Å². The Hall–Kier alpha value is -0.350. The molecule has 1 aromatic heterocycles. The van der Waals surface area contributed by atoms with Crippen molar-refractivity contribution < 1.29 is 9.53 Å². The number of hydrogen-bond donors (Lipinski definition) is 0. The Morgan fingerprint density at radius 2 is 2.27 bits per heavy atom. The van der Waals surface area contributed by atoms with E-state index in [9.17, 15) is 4.79 Å². The Balaban J connectivity index is 3.00. The van der Waals surface area contributed by atoms with E-state index in [0.29, 0.717) is 12.5 Å². The first-order chi connectivity index (χ1) is 7.10. The molecule has 4 heteroatoms. The summed E-state index contributed by atoms with van der Waals surface area (Å²) < 4.78 is 6.01. The van der Waals surface area contributed by atoms with Crippen LogP contribution < -0.4 is 0 Å². The molecule has 0 N–H and O–H groups in total. The second-order valence-corrected chi connectivity index (χ2v) is 5.80. The summed E-state index contributed by atoms with van der Waals surface area (Å²) >= 11 is 4.86. The molecule has 0 fully saturated rings. The number of rotatable bonds is 4. The van der Waals surface area contributed by atoms with Gasteiger partial charge in [0.25, 0.3) is 0 Å². The quantitative estimate of drug-likeness (QED) is 0.777. The molecule has 0 aliphatic heterocycles. The van der Waals surface area contributed by atoms with Crippen molar-refractivity contribution >= 4 is 33.2 Å². The van der Waals surface area contributed by atoms with Gasteiger partial charge in [0.15, 0.2) is 0 Å². The average molecular weight is 291 g/mol. The van der Waals surface area contributed by atoms with Crippen LogP contribution in [0.15, 0.2) is 9.85 Å². The fourth-order valence-corrected chi connectivity index (χ4v) is 2.95. The van der Waals surface area contributed by atoms with Crippen LogP contribution in [0.2, 0.25) is 0 Å². The minimum Gasteiger partial charge on any atom is -0.462 e. The van der Waals surface area contributed by atoms with Crippen LogP contribution in [0.25, 0.3) is 0 Å². The maximum Gasteiger partial charge on any atom is 0.348 e. The molecule has 84 valence electrons. The zero-order valence-corrected chi connectivity index (χ0v) is 11.6. The van der Waals surface area contributed by atoms with Gasteiger partial charge in [-0.05, 0) is 46.8 Å². The normalized spacial score (nSPS) is 12.5. The number of carbonyl (C=O) groups excluding carboxylic acids is 1. The minimum atomic E-state index is -0.205. The first kappa shape index (κ1) is 12.7. The van der Waals surface area contributed by atoms with Gasteiger partial charge in [0, 0.05) is 0 Å². The number of ether oxygens (including phenoxy) is 1. The molecule has 2 nitrogen and oxygen atoms in total. The Kier molecular flexibility index (Phi) is 4.80. The molecule has 1 aromatic rings. The zero-order chi connectivity index (χ0) is 11.4. The van der Waals surface area contributed by atoms with Crippen LogP contribution >= 0.6 is 27.3 Å². The Morgan fingerprint density at radius 1 is 1.60 bits per heavy atom. The van der Waals surface area contributed by atoms with Crippen molar-refractivity contribution in [3.05, 3.63) is 20.3 Å². The van der Waals surface area contributed by atoms with E-state index < -0.39 is 0 Å². The molecule has 0 spiro atoms. The minimum absolute atomic E-state index is 0.205. The van der Waals surface area contributed by atoms with Gasteiger partial charge in [-0.25, -0.2) is 4.79 Å². The topological polar surface area (TPSA) is 26.3 Å². The lowest BCUT2D eigenvalue weighted by Crippen LogP contribution is -2.06. The molecule has 0 saturated carbocycles. The van der Waals surface area contributed by atoms with Crippen molar-refractivity contribution in [1.29, 1.82) is 0 Å². The van der Waals surface area contributed by atoms with Crippen LogP contribution in [0.5, 0.6) is 0 Å². The van der Waals surface area contributed by atoms with E-state index in [1.165, 1.54) is 11.3 Å². The van der Waals surface area contributed by atoms with Crippen LogP contribution in [-0.2, 0) is 4.74 Å². The van der Waals surface area contributed by atoms with E-state index in [4.69, 9.17) is 4.74 Å². The Morgan fingerprint density at radius 3 is 2.80 bits per heavy atom. The van der Waals surface area contributed by atoms with Crippen molar-refractivity contribution in [3.63, 3.8) is 0 Å². The van der Waals surface area contributed by atoms with Crippen molar-refractivity contribution in [3.8, 4) is 0 Å². The fraction of sp³-hybridized carbons (Fsp3) is 0.545. The summed E-state index contributed by atoms with van der Waals surface area (Å²) in [6.07, 6.45) is 1.02. The first-order valence-corrected chi connectivity index (χ1v) is 6.67. The molecule has 0 aliphatic rings. The van der Waals surface area contributed by atoms with E-state index in [1.807, 2.05) is 13.0 Å². The standard InChI is InChI=1S/C11H15BrO2S/c1-4-7(3)8-6-9(12)15-10(8)11(13)14-5-2/h6-7H,4-5H2,1-3H3. The summed E-state index contributed by atoms with van der Waals surface area (Å²) in [6, 6.07) is 2.02. The van der Waals surface area contributed by atoms with E-state index in [1.54, 1.807) is 0 Å². The number of esters is 1. The lowest BCUT2D eigenvalue weighted by molar-refractivity contribution is 0.0530. The summed E-state index contributed by atoms with van der Waals surface area (Å²) in [4.78, 5) is 12.4. The molecule has 0 aromatic carbocycles. The van der Waals surface area contributed by atoms with Crippen molar-refractivity contribution in [2.24, 2.45) is 0 Å². The number of carbonyl (C=O) groups is 1. The number of halogens is 1. The zero-order valence-electron chi connectivity index (χ0n) is 9.17. The van der Waals surface area contributed by atoms with Crippen molar-refractivity contribution in [2.45, 2.75) is 33.1 Å². The van der Waals surface area contributed by atoms with Gasteiger partial charge in [0.05, 0.1) is 10.4 Å². The average Bonchev–Trinajstić information content (AvgIpc) is 2.59. The van der Waals surface area contributed by atoms with E-state index in [-0.39, 0.29) is 5.97 Å². The van der Waals surface area contributed by atoms with E-state index >= 15 is 0 Å². The van der Waals surface area contributed by atoms with Gasteiger partial charge in [-0.1, -0.05) is 13.8 Å². The summed E-state index contributed by atoms with van der Waals surface area (Å²) in [5.74, 6) is 0.190. The van der Waals surface area contributed by atoms with Gasteiger partial charge in [-0.3, -0.25) is 0 Å². The molecule has 0 bridgehead atoms. The predicted octanol–water partition coefficient (Wildman–Crippen LogP) is 4.20. The highest BCUT2D eigenvalue weighted by atomic mass is 79.9. The third-order valence-corrected chi connectivity index (χ3v) is 3.97. The summed E-state index contributed by atoms with van der Waals surface area (Å²) in [7, 11) is 0. The van der Waals surface area contributed by atoms with E-state index in [0.717, 1.165) is 20.6 Å². The Labute approximate surface area is 103 Å². The largest absolute Gasteiger partial charge is 0.462 e. The van der Waals surface area contributed by atoms with Gasteiger partial charge < -0.3 is 4.74 Å². The van der Waals surface area contributed by atoms with Gasteiger partial charge >= 0.3 is 5.97 Å². The number of thiophene rings is 1. The molecule has 0 saturated heterocycles. The summed E-state index contributed by atoms with van der Waals surface area (Å²) in [6.45, 7) is 6.49. The van der Waals surface area contributed by atoms with Crippen molar-refractivity contribution in [1.82, 2.24) is 0 Å². The van der Waals surface area contributed by atoms with Gasteiger partial charge in [-0.15, -0.1) is 11.3 Å². The second kappa shape index (κ2) is 5.66. The van der Waals surface area contributed by atoms with Gasteiger partial charge in [0.2, 0.25) is 0 Å². The number of hydrogen-bond acceptors (Lipinski definition) is 3. The highest BCUT2D eigenvalue weighted by molar-refractivity contribution is 9.11. The highest BCUT2D eigenvalue weighted by Crippen LogP contribution is 2.33. The maximum atomic E-state index is 11.7. The molecule has 15 heavy (non-hydrogen) atoms. The molecule has 1 atom stereocenters. The molecule has 1 heterocycles. The van der Waals surface area contributed by atoms with Gasteiger partial charge in [-0.2, -0.15) is 0 Å². The monoisotopic (exact) mass is 290 g/mol. The summed E-state index contributed by atoms with van der Waals surface area (Å²) in [5.41, 5.74) is 1.09. The van der Waals surface area contributed by atoms with Crippen LogP contribution in [0.3, 0.4) is 0 Å². The highest BCUT2D eigenvalue weighted by Gasteiger charge is 2.19. The molecular weight excluding hydrogens is 276 g/mol. The predicted molar refractivity (Wildman–Crippen MR) is 66.7 cm³/mol. The van der Waals surface area contributed by atoms with Crippen LogP contribution in [-0.4, -0.2) is 12.6 Å². The lowest BCUT2D eigenvalue weighted by Gasteiger charge is -2.08. The molecule has 0 radical (unpaired) electrons. The molecule has 0 amide bonds. The fourth-order valence-electron chi connectivity index (χ4n) is 1.32.